The number of carbonyl (C=O) groups is 2. The summed E-state index contributed by atoms with van der Waals surface area (Å²) < 4.78 is 3.02. The third-order valence-corrected chi connectivity index (χ3v) is 12.0. The zero-order valence-corrected chi connectivity index (χ0v) is 27.4. The van der Waals surface area contributed by atoms with Crippen molar-refractivity contribution < 1.29 is 14.7 Å². The Bertz CT molecular complexity index is 1670. The zero-order valence-electron chi connectivity index (χ0n) is 19.5. The number of benzene rings is 2. The lowest BCUT2D eigenvalue weighted by Crippen LogP contribution is -2.18. The second kappa shape index (κ2) is 12.1. The Morgan fingerprint density at radius 1 is 1.08 bits per heavy atom. The standard InChI is InChI=1S/C24H15Br4N5O3S2/c1-9-5-10(8-30-2)12(7-29)22(31-9)38-24-33-13-4-3-11(6-14(13)37-24)32-21(34)15-16(23(35)36)18(26)20(28)19(27)17(15)25/h3-6,30H,8H2,1-2H3,(H,32,34)(H,35,36). The van der Waals surface area contributed by atoms with Crippen molar-refractivity contribution in [1.82, 2.24) is 15.3 Å². The van der Waals surface area contributed by atoms with Gasteiger partial charge in [0.1, 0.15) is 11.1 Å². The van der Waals surface area contributed by atoms with Crippen LogP contribution in [0.5, 0.6) is 0 Å². The molecule has 2 heterocycles. The van der Waals surface area contributed by atoms with Crippen molar-refractivity contribution in [3.8, 4) is 6.07 Å². The molecule has 2 aromatic carbocycles. The fraction of sp³-hybridized carbons (Fsp3) is 0.125. The number of nitrogens with one attached hydrogen (secondary N) is 2. The van der Waals surface area contributed by atoms with Crippen LogP contribution in [0.3, 0.4) is 0 Å². The first-order chi connectivity index (χ1) is 18.0. The Morgan fingerprint density at radius 2 is 1.76 bits per heavy atom. The van der Waals surface area contributed by atoms with Crippen molar-refractivity contribution in [2.75, 3.05) is 12.4 Å². The van der Waals surface area contributed by atoms with Crippen molar-refractivity contribution in [3.63, 3.8) is 0 Å². The molecule has 8 nitrogen and oxygen atoms in total. The van der Waals surface area contributed by atoms with Gasteiger partial charge in [0.2, 0.25) is 0 Å². The van der Waals surface area contributed by atoms with Crippen molar-refractivity contribution >= 4 is 115 Å². The number of nitriles is 1. The zero-order chi connectivity index (χ0) is 27.7. The first-order valence-corrected chi connectivity index (χ1v) is 15.4. The van der Waals surface area contributed by atoms with Gasteiger partial charge in [0.25, 0.3) is 5.91 Å². The molecule has 4 aromatic rings. The molecule has 0 aliphatic carbocycles. The fourth-order valence-corrected chi connectivity index (χ4v) is 8.23. The number of hydrogen-bond acceptors (Lipinski definition) is 8. The summed E-state index contributed by atoms with van der Waals surface area (Å²) in [5.41, 5.74) is 3.16. The van der Waals surface area contributed by atoms with Crippen LogP contribution in [0.2, 0.25) is 0 Å². The number of aromatic nitrogens is 2. The van der Waals surface area contributed by atoms with E-state index in [2.05, 4.69) is 90.4 Å². The van der Waals surface area contributed by atoms with Gasteiger partial charge in [0.05, 0.1) is 26.9 Å². The van der Waals surface area contributed by atoms with E-state index in [0.29, 0.717) is 40.6 Å². The van der Waals surface area contributed by atoms with Gasteiger partial charge in [0, 0.05) is 35.8 Å². The minimum Gasteiger partial charge on any atom is -0.478 e. The van der Waals surface area contributed by atoms with Crippen molar-refractivity contribution in [2.24, 2.45) is 0 Å². The number of carboxylic acids is 1. The van der Waals surface area contributed by atoms with Crippen LogP contribution < -0.4 is 10.6 Å². The van der Waals surface area contributed by atoms with Crippen LogP contribution in [0.4, 0.5) is 5.69 Å². The summed E-state index contributed by atoms with van der Waals surface area (Å²) in [4.78, 5) is 34.4. The van der Waals surface area contributed by atoms with Crippen LogP contribution in [0.25, 0.3) is 10.2 Å². The smallest absolute Gasteiger partial charge is 0.337 e. The average molecular weight is 805 g/mol. The van der Waals surface area contributed by atoms with E-state index in [1.54, 1.807) is 18.2 Å². The molecule has 0 fully saturated rings. The van der Waals surface area contributed by atoms with Crippen LogP contribution in [0.1, 0.15) is 37.5 Å². The summed E-state index contributed by atoms with van der Waals surface area (Å²) >= 11 is 16.0. The quantitative estimate of drug-likeness (QED) is 0.128. The number of hydrogen-bond donors (Lipinski definition) is 3. The van der Waals surface area contributed by atoms with E-state index in [4.69, 9.17) is 0 Å². The number of carbonyl (C=O) groups excluding carboxylic acids is 1. The Kier molecular flexibility index (Phi) is 9.29. The normalized spacial score (nSPS) is 11.0. The molecule has 0 saturated heterocycles. The summed E-state index contributed by atoms with van der Waals surface area (Å²) in [6.07, 6.45) is 0. The van der Waals surface area contributed by atoms with E-state index < -0.39 is 11.9 Å². The molecule has 0 spiro atoms. The molecule has 0 saturated carbocycles. The number of fused-ring (bicyclic) bond motifs is 1. The van der Waals surface area contributed by atoms with Crippen LogP contribution >= 0.6 is 86.8 Å². The number of amides is 1. The lowest BCUT2D eigenvalue weighted by atomic mass is 10.1. The van der Waals surface area contributed by atoms with Gasteiger partial charge in [-0.25, -0.2) is 14.8 Å². The van der Waals surface area contributed by atoms with Gasteiger partial charge in [-0.2, -0.15) is 5.26 Å². The number of aromatic carboxylic acids is 1. The second-order valence-electron chi connectivity index (χ2n) is 7.77. The molecule has 3 N–H and O–H groups in total. The summed E-state index contributed by atoms with van der Waals surface area (Å²) in [6, 6.07) is 9.39. The summed E-state index contributed by atoms with van der Waals surface area (Å²) in [5.74, 6) is -1.85. The number of thiazole rings is 1. The molecule has 4 rings (SSSR count). The Hall–Kier alpha value is -1.86. The molecule has 14 heteroatoms. The lowest BCUT2D eigenvalue weighted by molar-refractivity contribution is 0.0691. The monoisotopic (exact) mass is 801 g/mol. The number of halogens is 4. The number of aryl methyl sites for hydroxylation is 1. The maximum absolute atomic E-state index is 13.2. The predicted molar refractivity (Wildman–Crippen MR) is 162 cm³/mol. The molecule has 2 aromatic heterocycles. The molecule has 194 valence electrons. The number of pyridine rings is 1. The maximum Gasteiger partial charge on any atom is 0.337 e. The highest BCUT2D eigenvalue weighted by atomic mass is 79.9. The van der Waals surface area contributed by atoms with Gasteiger partial charge >= 0.3 is 5.97 Å². The molecule has 0 unspecified atom stereocenters. The van der Waals surface area contributed by atoms with Crippen molar-refractivity contribution in [1.29, 1.82) is 5.26 Å². The van der Waals surface area contributed by atoms with Crippen LogP contribution in [0.15, 0.2) is 51.5 Å². The second-order valence-corrected chi connectivity index (χ2v) is 13.2. The number of anilines is 1. The van der Waals surface area contributed by atoms with Gasteiger partial charge in [-0.15, -0.1) is 11.3 Å². The largest absolute Gasteiger partial charge is 0.478 e. The molecule has 0 bridgehead atoms. The summed E-state index contributed by atoms with van der Waals surface area (Å²) in [7, 11) is 1.82. The number of rotatable bonds is 7. The Labute approximate surface area is 259 Å². The van der Waals surface area contributed by atoms with Gasteiger partial charge in [-0.05, 0) is 119 Å². The molecule has 0 aliphatic heterocycles. The topological polar surface area (TPSA) is 128 Å². The molecule has 38 heavy (non-hydrogen) atoms. The van der Waals surface area contributed by atoms with E-state index in [-0.39, 0.29) is 15.6 Å². The van der Waals surface area contributed by atoms with Crippen LogP contribution in [-0.2, 0) is 6.54 Å². The molecule has 0 aliphatic rings. The van der Waals surface area contributed by atoms with E-state index in [1.165, 1.54) is 23.1 Å². The van der Waals surface area contributed by atoms with Gasteiger partial charge in [-0.1, -0.05) is 0 Å². The van der Waals surface area contributed by atoms with Crippen LogP contribution in [0, 0.1) is 18.3 Å². The van der Waals surface area contributed by atoms with Gasteiger partial charge in [0.15, 0.2) is 4.34 Å². The highest BCUT2D eigenvalue weighted by Crippen LogP contribution is 2.43. The maximum atomic E-state index is 13.2. The number of carboxylic acid groups (broad SMARTS) is 1. The third-order valence-electron chi connectivity index (χ3n) is 5.19. The molecular formula is C24H15Br4N5O3S2. The molecule has 1 amide bonds. The predicted octanol–water partition coefficient (Wildman–Crippen LogP) is 7.74. The van der Waals surface area contributed by atoms with E-state index in [9.17, 15) is 20.0 Å². The number of nitrogens with zero attached hydrogens (tertiary/aromatic N) is 3. The summed E-state index contributed by atoms with van der Waals surface area (Å²) in [5, 5.41) is 25.9. The third kappa shape index (κ3) is 5.84. The van der Waals surface area contributed by atoms with E-state index in [0.717, 1.165) is 21.5 Å². The Morgan fingerprint density at radius 3 is 2.39 bits per heavy atom. The van der Waals surface area contributed by atoms with Gasteiger partial charge < -0.3 is 15.7 Å². The van der Waals surface area contributed by atoms with Crippen LogP contribution in [-0.4, -0.2) is 34.0 Å². The van der Waals surface area contributed by atoms with Gasteiger partial charge in [-0.3, -0.25) is 4.79 Å². The molecular weight excluding hydrogens is 790 g/mol. The lowest BCUT2D eigenvalue weighted by Gasteiger charge is -2.14. The van der Waals surface area contributed by atoms with E-state index in [1.807, 2.05) is 20.0 Å². The first-order valence-electron chi connectivity index (χ1n) is 10.6. The minimum absolute atomic E-state index is 0.0352. The van der Waals surface area contributed by atoms with Crippen molar-refractivity contribution in [2.45, 2.75) is 22.8 Å². The highest BCUT2D eigenvalue weighted by molar-refractivity contribution is 9.15. The molecule has 0 radical (unpaired) electrons. The highest BCUT2D eigenvalue weighted by Gasteiger charge is 2.28. The first kappa shape index (κ1) is 29.1. The van der Waals surface area contributed by atoms with Crippen molar-refractivity contribution in [3.05, 3.63) is 70.1 Å². The van der Waals surface area contributed by atoms with E-state index >= 15 is 0 Å². The molecule has 0 atom stereocenters. The average Bonchev–Trinajstić information content (AvgIpc) is 3.26. The minimum atomic E-state index is -1.25. The SMILES string of the molecule is CNCc1cc(C)nc(Sc2nc3ccc(NC(=O)c4c(Br)c(Br)c(Br)c(Br)c4C(=O)O)cc3s2)c1C#N. The Balaban J connectivity index is 1.66. The summed E-state index contributed by atoms with van der Waals surface area (Å²) in [6.45, 7) is 2.43. The fourth-order valence-electron chi connectivity index (χ4n) is 3.58.